The van der Waals surface area contributed by atoms with Crippen molar-refractivity contribution in [3.63, 3.8) is 0 Å². The van der Waals surface area contributed by atoms with Crippen LogP contribution in [0.3, 0.4) is 0 Å². The Kier molecular flexibility index (Phi) is 8.51. The van der Waals surface area contributed by atoms with Crippen molar-refractivity contribution >= 4 is 23.5 Å². The second kappa shape index (κ2) is 11.8. The van der Waals surface area contributed by atoms with Crippen molar-refractivity contribution in [1.29, 1.82) is 0 Å². The Hall–Kier alpha value is -3.75. The van der Waals surface area contributed by atoms with Crippen LogP contribution in [-0.4, -0.2) is 51.3 Å². The minimum absolute atomic E-state index is 0.162. The predicted molar refractivity (Wildman–Crippen MR) is 121 cm³/mol. The maximum absolute atomic E-state index is 12.3. The maximum atomic E-state index is 12.3. The summed E-state index contributed by atoms with van der Waals surface area (Å²) >= 11 is 0. The van der Waals surface area contributed by atoms with Crippen molar-refractivity contribution in [3.05, 3.63) is 48.0 Å². The summed E-state index contributed by atoms with van der Waals surface area (Å²) in [4.78, 5) is 36.4. The van der Waals surface area contributed by atoms with E-state index in [9.17, 15) is 14.4 Å². The molecule has 33 heavy (non-hydrogen) atoms. The van der Waals surface area contributed by atoms with Gasteiger partial charge < -0.3 is 29.6 Å². The first-order valence-electron chi connectivity index (χ1n) is 10.7. The normalized spacial score (nSPS) is 13.2. The fourth-order valence-electron chi connectivity index (χ4n) is 3.48. The highest BCUT2D eigenvalue weighted by Gasteiger charge is 2.19. The van der Waals surface area contributed by atoms with Crippen LogP contribution in [0.15, 0.2) is 42.5 Å². The van der Waals surface area contributed by atoms with Crippen LogP contribution in [0.4, 0.5) is 5.69 Å². The van der Waals surface area contributed by atoms with Gasteiger partial charge in [0.2, 0.25) is 0 Å². The summed E-state index contributed by atoms with van der Waals surface area (Å²) in [6.07, 6.45) is 4.11. The van der Waals surface area contributed by atoms with E-state index in [1.807, 2.05) is 0 Å². The van der Waals surface area contributed by atoms with Gasteiger partial charge in [0.25, 0.3) is 11.8 Å². The van der Waals surface area contributed by atoms with Gasteiger partial charge in [-0.15, -0.1) is 0 Å². The van der Waals surface area contributed by atoms with Gasteiger partial charge in [-0.3, -0.25) is 9.59 Å². The molecule has 0 spiro atoms. The summed E-state index contributed by atoms with van der Waals surface area (Å²) in [6, 6.07) is 11.5. The third-order valence-corrected chi connectivity index (χ3v) is 5.19. The summed E-state index contributed by atoms with van der Waals surface area (Å²) in [7, 11) is 2.98. The molecule has 1 aliphatic carbocycles. The lowest BCUT2D eigenvalue weighted by molar-refractivity contribution is -0.125. The number of nitrogens with one attached hydrogen (secondary N) is 2. The number of ether oxygens (including phenoxy) is 4. The highest BCUT2D eigenvalue weighted by atomic mass is 16.5. The largest absolute Gasteiger partial charge is 0.497 e. The van der Waals surface area contributed by atoms with E-state index in [1.54, 1.807) is 31.4 Å². The molecule has 2 aromatic rings. The molecular weight excluding hydrogens is 428 g/mol. The number of rotatable bonds is 10. The minimum atomic E-state index is -0.654. The molecule has 0 atom stereocenters. The molecule has 0 aliphatic heterocycles. The first kappa shape index (κ1) is 23.9. The van der Waals surface area contributed by atoms with Gasteiger partial charge in [-0.05, 0) is 55.3 Å². The molecule has 2 N–H and O–H groups in total. The van der Waals surface area contributed by atoms with Gasteiger partial charge in [0.05, 0.1) is 19.8 Å². The second-order valence-corrected chi connectivity index (χ2v) is 7.56. The van der Waals surface area contributed by atoms with Crippen molar-refractivity contribution in [2.45, 2.75) is 31.7 Å². The van der Waals surface area contributed by atoms with Crippen LogP contribution >= 0.6 is 0 Å². The first-order chi connectivity index (χ1) is 16.0. The molecule has 0 bridgehead atoms. The Morgan fingerprint density at radius 3 is 2.27 bits per heavy atom. The molecule has 1 aliphatic rings. The predicted octanol–water partition coefficient (Wildman–Crippen LogP) is 2.94. The van der Waals surface area contributed by atoms with Crippen LogP contribution in [0.5, 0.6) is 17.2 Å². The molecule has 0 aromatic heterocycles. The van der Waals surface area contributed by atoms with Crippen molar-refractivity contribution in [1.82, 2.24) is 5.32 Å². The number of esters is 1. The van der Waals surface area contributed by atoms with Crippen LogP contribution in [0.2, 0.25) is 0 Å². The molecule has 0 saturated heterocycles. The molecule has 176 valence electrons. The standard InChI is InChI=1S/C24H28N2O7/c1-30-19-10-8-18(9-11-19)26-22(27)14-32-20-12-7-16(13-21(20)31-2)24(29)33-15-23(28)25-17-5-3-4-6-17/h7-13,17H,3-6,14-15H2,1-2H3,(H,25,28)(H,26,27). The number of carbonyl (C=O) groups excluding carboxylic acids is 3. The van der Waals surface area contributed by atoms with Crippen LogP contribution in [0.1, 0.15) is 36.0 Å². The average Bonchev–Trinajstić information content (AvgIpc) is 3.34. The Bertz CT molecular complexity index is 969. The summed E-state index contributed by atoms with van der Waals surface area (Å²) < 4.78 is 21.0. The number of methoxy groups -OCH3 is 2. The van der Waals surface area contributed by atoms with Gasteiger partial charge in [-0.25, -0.2) is 4.79 Å². The van der Waals surface area contributed by atoms with Crippen LogP contribution in [0.25, 0.3) is 0 Å². The van der Waals surface area contributed by atoms with E-state index in [2.05, 4.69) is 10.6 Å². The zero-order chi connectivity index (χ0) is 23.6. The van der Waals surface area contributed by atoms with Gasteiger partial charge >= 0.3 is 5.97 Å². The number of hydrogen-bond acceptors (Lipinski definition) is 7. The van der Waals surface area contributed by atoms with E-state index >= 15 is 0 Å². The molecule has 0 unspecified atom stereocenters. The fourth-order valence-corrected chi connectivity index (χ4v) is 3.48. The molecule has 1 fully saturated rings. The molecule has 9 nitrogen and oxygen atoms in total. The smallest absolute Gasteiger partial charge is 0.338 e. The van der Waals surface area contributed by atoms with Gasteiger partial charge in [0.1, 0.15) is 5.75 Å². The quantitative estimate of drug-likeness (QED) is 0.529. The molecule has 9 heteroatoms. The van der Waals surface area contributed by atoms with Gasteiger partial charge in [-0.2, -0.15) is 0 Å². The highest BCUT2D eigenvalue weighted by molar-refractivity contribution is 5.93. The third kappa shape index (κ3) is 7.13. The number of carbonyl (C=O) groups is 3. The average molecular weight is 456 g/mol. The Labute approximate surface area is 192 Å². The summed E-state index contributed by atoms with van der Waals surface area (Å²) in [6.45, 7) is -0.602. The van der Waals surface area contributed by atoms with Crippen molar-refractivity contribution in [3.8, 4) is 17.2 Å². The molecule has 0 radical (unpaired) electrons. The monoisotopic (exact) mass is 456 g/mol. The van der Waals surface area contributed by atoms with Crippen LogP contribution < -0.4 is 24.8 Å². The zero-order valence-electron chi connectivity index (χ0n) is 18.7. The highest BCUT2D eigenvalue weighted by Crippen LogP contribution is 2.28. The molecule has 1 saturated carbocycles. The fraction of sp³-hybridized carbons (Fsp3) is 0.375. The Balaban J connectivity index is 1.49. The van der Waals surface area contributed by atoms with Crippen molar-refractivity contribution in [2.75, 3.05) is 32.8 Å². The van der Waals surface area contributed by atoms with E-state index in [-0.39, 0.29) is 48.1 Å². The van der Waals surface area contributed by atoms with Gasteiger partial charge in [-0.1, -0.05) is 12.8 Å². The third-order valence-electron chi connectivity index (χ3n) is 5.19. The maximum Gasteiger partial charge on any atom is 0.338 e. The molecular formula is C24H28N2O7. The first-order valence-corrected chi connectivity index (χ1v) is 10.7. The SMILES string of the molecule is COc1ccc(NC(=O)COc2ccc(C(=O)OCC(=O)NC3CCCC3)cc2OC)cc1. The summed E-state index contributed by atoms with van der Waals surface area (Å²) in [5, 5.41) is 5.57. The second-order valence-electron chi connectivity index (χ2n) is 7.56. The number of benzene rings is 2. The van der Waals surface area contributed by atoms with Crippen LogP contribution in [-0.2, 0) is 14.3 Å². The van der Waals surface area contributed by atoms with Gasteiger partial charge in [0, 0.05) is 11.7 Å². The van der Waals surface area contributed by atoms with Gasteiger partial charge in [0.15, 0.2) is 24.7 Å². The van der Waals surface area contributed by atoms with E-state index < -0.39 is 5.97 Å². The minimum Gasteiger partial charge on any atom is -0.497 e. The van der Waals surface area contributed by atoms with Crippen molar-refractivity contribution in [2.24, 2.45) is 0 Å². The van der Waals surface area contributed by atoms with E-state index in [1.165, 1.54) is 25.3 Å². The zero-order valence-corrected chi connectivity index (χ0v) is 18.7. The lowest BCUT2D eigenvalue weighted by Crippen LogP contribution is -2.35. The lowest BCUT2D eigenvalue weighted by atomic mass is 10.2. The molecule has 2 amide bonds. The van der Waals surface area contributed by atoms with E-state index in [0.717, 1.165) is 25.7 Å². The summed E-state index contributed by atoms with van der Waals surface area (Å²) in [5.41, 5.74) is 0.807. The van der Waals surface area contributed by atoms with E-state index in [0.29, 0.717) is 11.4 Å². The summed E-state index contributed by atoms with van der Waals surface area (Å²) in [5.74, 6) is -0.0975. The molecule has 2 aromatic carbocycles. The number of anilines is 1. The lowest BCUT2D eigenvalue weighted by Gasteiger charge is -2.13. The molecule has 0 heterocycles. The Morgan fingerprint density at radius 2 is 1.61 bits per heavy atom. The molecule has 3 rings (SSSR count). The van der Waals surface area contributed by atoms with Crippen molar-refractivity contribution < 1.29 is 33.3 Å². The number of amides is 2. The number of hydrogen-bond donors (Lipinski definition) is 2. The van der Waals surface area contributed by atoms with Crippen LogP contribution in [0, 0.1) is 0 Å². The van der Waals surface area contributed by atoms with E-state index in [4.69, 9.17) is 18.9 Å². The Morgan fingerprint density at radius 1 is 0.879 bits per heavy atom. The topological polar surface area (TPSA) is 112 Å².